The number of carbonyl (C=O) groups excluding carboxylic acids is 1. The van der Waals surface area contributed by atoms with Crippen molar-refractivity contribution >= 4 is 34.9 Å². The van der Waals surface area contributed by atoms with Crippen LogP contribution in [0.2, 0.25) is 10.0 Å². The Labute approximate surface area is 139 Å². The maximum absolute atomic E-state index is 14.3. The number of nitrogens with two attached hydrogens (primary N) is 1. The Morgan fingerprint density at radius 2 is 1.91 bits per heavy atom. The molecule has 0 fully saturated rings. The first-order valence-corrected chi connectivity index (χ1v) is 6.83. The molecule has 1 aromatic heterocycles. The summed E-state index contributed by atoms with van der Waals surface area (Å²) in [5, 5.41) is -0.427. The van der Waals surface area contributed by atoms with Crippen molar-refractivity contribution in [2.75, 3.05) is 20.0 Å². The fraction of sp³-hybridized carbons (Fsp3) is 0.143. The van der Waals surface area contributed by atoms with Gasteiger partial charge in [-0.1, -0.05) is 23.2 Å². The van der Waals surface area contributed by atoms with E-state index in [4.69, 9.17) is 33.7 Å². The maximum atomic E-state index is 14.3. The molecule has 1 aromatic carbocycles. The zero-order chi connectivity index (χ0) is 17.3. The molecule has 0 aliphatic heterocycles. The monoisotopic (exact) mass is 362 g/mol. The summed E-state index contributed by atoms with van der Waals surface area (Å²) in [6.45, 7) is 0. The highest BCUT2D eigenvalue weighted by molar-refractivity contribution is 6.35. The number of nitrogen functional groups attached to an aromatic ring is 1. The molecule has 23 heavy (non-hydrogen) atoms. The number of rotatable bonds is 3. The molecule has 0 amide bonds. The summed E-state index contributed by atoms with van der Waals surface area (Å²) in [7, 11) is 2.40. The summed E-state index contributed by atoms with van der Waals surface area (Å²) >= 11 is 11.6. The van der Waals surface area contributed by atoms with Crippen LogP contribution in [0.15, 0.2) is 12.1 Å². The Morgan fingerprint density at radius 3 is 2.48 bits per heavy atom. The lowest BCUT2D eigenvalue weighted by Gasteiger charge is -2.12. The standard InChI is InChI=1S/C14H10Cl2F2N2O3/c1-22-8-3-5(7(17)4-6(8)15)12-10(18)11(19)9(16)13(20-12)14(21)23-2/h3-4H,1-2H3,(H2,19,20). The molecule has 9 heteroatoms. The van der Waals surface area contributed by atoms with Crippen LogP contribution in [0, 0.1) is 11.6 Å². The molecule has 2 aromatic rings. The van der Waals surface area contributed by atoms with E-state index in [-0.39, 0.29) is 16.3 Å². The summed E-state index contributed by atoms with van der Waals surface area (Å²) < 4.78 is 37.9. The van der Waals surface area contributed by atoms with Crippen molar-refractivity contribution in [1.82, 2.24) is 4.98 Å². The fourth-order valence-electron chi connectivity index (χ4n) is 1.84. The van der Waals surface area contributed by atoms with Gasteiger partial charge in [-0.25, -0.2) is 18.6 Å². The molecule has 0 aliphatic carbocycles. The van der Waals surface area contributed by atoms with Crippen molar-refractivity contribution < 1.29 is 23.0 Å². The van der Waals surface area contributed by atoms with Gasteiger partial charge in [0, 0.05) is 5.56 Å². The highest BCUT2D eigenvalue weighted by Crippen LogP contribution is 2.37. The molecular weight excluding hydrogens is 353 g/mol. The zero-order valence-electron chi connectivity index (χ0n) is 11.9. The second kappa shape index (κ2) is 6.55. The third-order valence-electron chi connectivity index (χ3n) is 2.99. The predicted octanol–water partition coefficient (Wildman–Crippen LogP) is 3.71. The Balaban J connectivity index is 2.78. The number of pyridine rings is 1. The van der Waals surface area contributed by atoms with Crippen LogP contribution in [-0.4, -0.2) is 25.2 Å². The van der Waals surface area contributed by atoms with Gasteiger partial charge in [0.15, 0.2) is 11.5 Å². The number of anilines is 1. The Bertz CT molecular complexity index is 800. The van der Waals surface area contributed by atoms with E-state index < -0.39 is 39.7 Å². The van der Waals surface area contributed by atoms with Gasteiger partial charge in [0.25, 0.3) is 0 Å². The van der Waals surface area contributed by atoms with Crippen LogP contribution < -0.4 is 10.5 Å². The topological polar surface area (TPSA) is 74.4 Å². The molecule has 5 nitrogen and oxygen atoms in total. The predicted molar refractivity (Wildman–Crippen MR) is 81.9 cm³/mol. The number of carbonyl (C=O) groups is 1. The summed E-state index contributed by atoms with van der Waals surface area (Å²) in [6.07, 6.45) is 0. The number of hydrogen-bond donors (Lipinski definition) is 1. The zero-order valence-corrected chi connectivity index (χ0v) is 13.4. The molecule has 0 unspecified atom stereocenters. The average molecular weight is 363 g/mol. The van der Waals surface area contributed by atoms with E-state index in [2.05, 4.69) is 9.72 Å². The molecule has 122 valence electrons. The van der Waals surface area contributed by atoms with Gasteiger partial charge in [0.05, 0.1) is 30.0 Å². The number of benzene rings is 1. The van der Waals surface area contributed by atoms with E-state index in [0.717, 1.165) is 19.2 Å². The summed E-state index contributed by atoms with van der Waals surface area (Å²) in [5.74, 6) is -2.80. The van der Waals surface area contributed by atoms with Crippen LogP contribution >= 0.6 is 23.2 Å². The number of nitrogens with zero attached hydrogens (tertiary/aromatic N) is 1. The third-order valence-corrected chi connectivity index (χ3v) is 3.67. The molecular formula is C14H10Cl2F2N2O3. The largest absolute Gasteiger partial charge is 0.495 e. The average Bonchev–Trinajstić information content (AvgIpc) is 2.53. The Morgan fingerprint density at radius 1 is 1.26 bits per heavy atom. The van der Waals surface area contributed by atoms with Gasteiger partial charge in [0.1, 0.15) is 17.3 Å². The number of esters is 1. The smallest absolute Gasteiger partial charge is 0.358 e. The second-order valence-corrected chi connectivity index (χ2v) is 5.09. The Hall–Kier alpha value is -2.12. The molecule has 1 heterocycles. The van der Waals surface area contributed by atoms with Gasteiger partial charge in [-0.3, -0.25) is 0 Å². The Kier molecular flexibility index (Phi) is 4.91. The van der Waals surface area contributed by atoms with E-state index in [1.165, 1.54) is 7.11 Å². The van der Waals surface area contributed by atoms with E-state index in [0.29, 0.717) is 0 Å². The highest BCUT2D eigenvalue weighted by Gasteiger charge is 2.25. The number of methoxy groups -OCH3 is 2. The molecule has 0 saturated carbocycles. The van der Waals surface area contributed by atoms with Crippen LogP contribution in [0.25, 0.3) is 11.3 Å². The number of halogens is 4. The van der Waals surface area contributed by atoms with Crippen LogP contribution in [0.1, 0.15) is 10.5 Å². The van der Waals surface area contributed by atoms with Crippen LogP contribution in [0.3, 0.4) is 0 Å². The minimum atomic E-state index is -1.08. The van der Waals surface area contributed by atoms with Gasteiger partial charge in [-0.15, -0.1) is 0 Å². The van der Waals surface area contributed by atoms with Crippen LogP contribution in [0.4, 0.5) is 14.5 Å². The van der Waals surface area contributed by atoms with Gasteiger partial charge < -0.3 is 15.2 Å². The number of aromatic nitrogens is 1. The van der Waals surface area contributed by atoms with E-state index in [1.54, 1.807) is 0 Å². The van der Waals surface area contributed by atoms with Crippen molar-refractivity contribution in [3.05, 3.63) is 39.5 Å². The van der Waals surface area contributed by atoms with E-state index in [1.807, 2.05) is 0 Å². The van der Waals surface area contributed by atoms with E-state index >= 15 is 0 Å². The van der Waals surface area contributed by atoms with E-state index in [9.17, 15) is 13.6 Å². The molecule has 0 bridgehead atoms. The SMILES string of the molecule is COC(=O)c1nc(-c2cc(OC)c(Cl)cc2F)c(F)c(N)c1Cl. The minimum absolute atomic E-state index is 0.00992. The molecule has 0 radical (unpaired) electrons. The summed E-state index contributed by atoms with van der Waals surface area (Å²) in [6, 6.07) is 2.07. The maximum Gasteiger partial charge on any atom is 0.358 e. The van der Waals surface area contributed by atoms with Crippen LogP contribution in [-0.2, 0) is 4.74 Å². The normalized spacial score (nSPS) is 10.5. The fourth-order valence-corrected chi connectivity index (χ4v) is 2.27. The molecule has 0 saturated heterocycles. The first kappa shape index (κ1) is 17.2. The third kappa shape index (κ3) is 3.02. The lowest BCUT2D eigenvalue weighted by Crippen LogP contribution is -2.10. The molecule has 0 atom stereocenters. The van der Waals surface area contributed by atoms with Gasteiger partial charge >= 0.3 is 5.97 Å². The van der Waals surface area contributed by atoms with Crippen molar-refractivity contribution in [3.8, 4) is 17.0 Å². The molecule has 0 aliphatic rings. The molecule has 0 spiro atoms. The van der Waals surface area contributed by atoms with Crippen molar-refractivity contribution in [3.63, 3.8) is 0 Å². The van der Waals surface area contributed by atoms with Gasteiger partial charge in [0.2, 0.25) is 0 Å². The van der Waals surface area contributed by atoms with Crippen LogP contribution in [0.5, 0.6) is 5.75 Å². The summed E-state index contributed by atoms with van der Waals surface area (Å²) in [5.41, 5.74) is 3.74. The number of hydrogen-bond acceptors (Lipinski definition) is 5. The lowest BCUT2D eigenvalue weighted by atomic mass is 10.1. The summed E-state index contributed by atoms with van der Waals surface area (Å²) in [4.78, 5) is 15.4. The minimum Gasteiger partial charge on any atom is -0.495 e. The van der Waals surface area contributed by atoms with Crippen molar-refractivity contribution in [2.24, 2.45) is 0 Å². The lowest BCUT2D eigenvalue weighted by molar-refractivity contribution is 0.0594. The first-order valence-electron chi connectivity index (χ1n) is 6.08. The van der Waals surface area contributed by atoms with Gasteiger partial charge in [-0.2, -0.15) is 0 Å². The quantitative estimate of drug-likeness (QED) is 0.842. The first-order chi connectivity index (χ1) is 10.8. The molecule has 2 rings (SSSR count). The molecule has 2 N–H and O–H groups in total. The highest BCUT2D eigenvalue weighted by atomic mass is 35.5. The number of ether oxygens (including phenoxy) is 2. The second-order valence-electron chi connectivity index (χ2n) is 4.31. The van der Waals surface area contributed by atoms with Gasteiger partial charge in [-0.05, 0) is 12.1 Å². The van der Waals surface area contributed by atoms with Crippen molar-refractivity contribution in [2.45, 2.75) is 0 Å². The van der Waals surface area contributed by atoms with Crippen molar-refractivity contribution in [1.29, 1.82) is 0 Å².